The minimum absolute atomic E-state index is 0.243. The third-order valence-electron chi connectivity index (χ3n) is 3.56. The summed E-state index contributed by atoms with van der Waals surface area (Å²) >= 11 is 6.09. The minimum Gasteiger partial charge on any atom is -0.350 e. The van der Waals surface area contributed by atoms with Crippen LogP contribution in [-0.4, -0.2) is 22.4 Å². The summed E-state index contributed by atoms with van der Waals surface area (Å²) in [6.45, 7) is 0.546. The highest BCUT2D eigenvalue weighted by atomic mass is 35.5. The fourth-order valence-corrected chi connectivity index (χ4v) is 2.45. The number of aromatic nitrogens is 2. The van der Waals surface area contributed by atoms with E-state index in [1.165, 1.54) is 18.0 Å². The smallest absolute Gasteiger partial charge is 0.271 e. The van der Waals surface area contributed by atoms with Crippen LogP contribution in [0.25, 0.3) is 0 Å². The van der Waals surface area contributed by atoms with Gasteiger partial charge in [-0.15, -0.1) is 0 Å². The first-order valence-corrected chi connectivity index (χ1v) is 8.26. The largest absolute Gasteiger partial charge is 0.350 e. The average molecular weight is 353 g/mol. The Hall–Kier alpha value is -2.92. The highest BCUT2D eigenvalue weighted by molar-refractivity contribution is 6.33. The first kappa shape index (κ1) is 16.9. The molecule has 0 radical (unpaired) electrons. The van der Waals surface area contributed by atoms with E-state index in [1.807, 2.05) is 48.5 Å². The van der Waals surface area contributed by atoms with E-state index in [2.05, 4.69) is 20.6 Å². The summed E-state index contributed by atoms with van der Waals surface area (Å²) in [4.78, 5) is 20.5. The standard InChI is InChI=1S/C19H17ClN4O/c20-15-8-4-5-9-16(15)24-18-13-22-17(12-23-18)19(25)21-11-10-14-6-2-1-3-7-14/h1-9,12-13H,10-11H2,(H,21,25)(H,23,24). The molecule has 0 saturated carbocycles. The van der Waals surface area contributed by atoms with Crippen molar-refractivity contribution in [2.45, 2.75) is 6.42 Å². The Morgan fingerprint density at radius 3 is 2.44 bits per heavy atom. The monoisotopic (exact) mass is 352 g/mol. The molecule has 3 aromatic rings. The van der Waals surface area contributed by atoms with Gasteiger partial charge in [-0.25, -0.2) is 9.97 Å². The van der Waals surface area contributed by atoms with E-state index in [1.54, 1.807) is 6.07 Å². The zero-order valence-electron chi connectivity index (χ0n) is 13.4. The number of rotatable bonds is 6. The lowest BCUT2D eigenvalue weighted by Gasteiger charge is -2.08. The maximum Gasteiger partial charge on any atom is 0.271 e. The van der Waals surface area contributed by atoms with Crippen molar-refractivity contribution in [3.63, 3.8) is 0 Å². The Morgan fingerprint density at radius 1 is 0.960 bits per heavy atom. The fourth-order valence-electron chi connectivity index (χ4n) is 2.27. The van der Waals surface area contributed by atoms with Gasteiger partial charge in [0.2, 0.25) is 0 Å². The minimum atomic E-state index is -0.243. The summed E-state index contributed by atoms with van der Waals surface area (Å²) in [5.41, 5.74) is 2.18. The molecule has 0 spiro atoms. The Labute approximate surface area is 151 Å². The molecule has 0 saturated heterocycles. The SMILES string of the molecule is O=C(NCCc1ccccc1)c1cnc(Nc2ccccc2Cl)cn1. The van der Waals surface area contributed by atoms with Crippen LogP contribution in [0.5, 0.6) is 0 Å². The van der Waals surface area contributed by atoms with E-state index in [0.717, 1.165) is 12.1 Å². The molecule has 3 rings (SSSR count). The average Bonchev–Trinajstić information content (AvgIpc) is 2.65. The molecule has 0 fully saturated rings. The number of nitrogens with one attached hydrogen (secondary N) is 2. The van der Waals surface area contributed by atoms with Crippen LogP contribution in [0.1, 0.15) is 16.1 Å². The van der Waals surface area contributed by atoms with Crippen LogP contribution in [-0.2, 0) is 6.42 Å². The lowest BCUT2D eigenvalue weighted by Crippen LogP contribution is -2.26. The fraction of sp³-hybridized carbons (Fsp3) is 0.105. The Kier molecular flexibility index (Phi) is 5.59. The van der Waals surface area contributed by atoms with Crippen LogP contribution in [0.15, 0.2) is 67.0 Å². The summed E-state index contributed by atoms with van der Waals surface area (Å²) < 4.78 is 0. The second-order valence-electron chi connectivity index (χ2n) is 5.38. The predicted molar refractivity (Wildman–Crippen MR) is 99.2 cm³/mol. The molecular weight excluding hydrogens is 336 g/mol. The van der Waals surface area contributed by atoms with Gasteiger partial charge in [0, 0.05) is 6.54 Å². The summed E-state index contributed by atoms with van der Waals surface area (Å²) in [6, 6.07) is 17.3. The molecule has 1 amide bonds. The number of nitrogens with zero attached hydrogens (tertiary/aromatic N) is 2. The lowest BCUT2D eigenvalue weighted by atomic mass is 10.1. The van der Waals surface area contributed by atoms with Gasteiger partial charge in [-0.2, -0.15) is 0 Å². The van der Waals surface area contributed by atoms with Crippen LogP contribution in [0.3, 0.4) is 0 Å². The first-order chi connectivity index (χ1) is 12.2. The van der Waals surface area contributed by atoms with E-state index in [4.69, 9.17) is 11.6 Å². The van der Waals surface area contributed by atoms with Gasteiger partial charge in [0.1, 0.15) is 11.5 Å². The molecule has 6 heteroatoms. The van der Waals surface area contributed by atoms with Crippen LogP contribution < -0.4 is 10.6 Å². The number of carbonyl (C=O) groups excluding carboxylic acids is 1. The molecule has 2 aromatic carbocycles. The number of benzene rings is 2. The number of hydrogen-bond acceptors (Lipinski definition) is 4. The van der Waals surface area contributed by atoms with Crippen LogP contribution >= 0.6 is 11.6 Å². The van der Waals surface area contributed by atoms with Crippen molar-refractivity contribution < 1.29 is 4.79 Å². The van der Waals surface area contributed by atoms with Crippen LogP contribution in [0, 0.1) is 0 Å². The van der Waals surface area contributed by atoms with E-state index in [-0.39, 0.29) is 11.6 Å². The molecule has 25 heavy (non-hydrogen) atoms. The second kappa shape index (κ2) is 8.26. The van der Waals surface area contributed by atoms with Crippen LogP contribution in [0.4, 0.5) is 11.5 Å². The number of para-hydroxylation sites is 1. The lowest BCUT2D eigenvalue weighted by molar-refractivity contribution is 0.0949. The maximum absolute atomic E-state index is 12.1. The van der Waals surface area contributed by atoms with Crippen molar-refractivity contribution in [2.75, 3.05) is 11.9 Å². The molecule has 5 nitrogen and oxygen atoms in total. The zero-order chi connectivity index (χ0) is 17.5. The molecule has 0 aliphatic heterocycles. The number of hydrogen-bond donors (Lipinski definition) is 2. The van der Waals surface area contributed by atoms with Crippen LogP contribution in [0.2, 0.25) is 5.02 Å². The Morgan fingerprint density at radius 2 is 1.72 bits per heavy atom. The molecule has 0 aliphatic carbocycles. The molecule has 0 unspecified atom stereocenters. The Balaban J connectivity index is 1.54. The van der Waals surface area contributed by atoms with Gasteiger partial charge in [0.25, 0.3) is 5.91 Å². The molecule has 1 aromatic heterocycles. The number of amides is 1. The molecule has 2 N–H and O–H groups in total. The highest BCUT2D eigenvalue weighted by Crippen LogP contribution is 2.23. The predicted octanol–water partition coefficient (Wildman–Crippen LogP) is 3.85. The second-order valence-corrected chi connectivity index (χ2v) is 5.79. The zero-order valence-corrected chi connectivity index (χ0v) is 14.2. The van der Waals surface area contributed by atoms with Crippen molar-refractivity contribution in [3.8, 4) is 0 Å². The van der Waals surface area contributed by atoms with Crippen molar-refractivity contribution in [3.05, 3.63) is 83.3 Å². The summed E-state index contributed by atoms with van der Waals surface area (Å²) in [7, 11) is 0. The van der Waals surface area contributed by atoms with E-state index in [9.17, 15) is 4.79 Å². The quantitative estimate of drug-likeness (QED) is 0.707. The molecule has 1 heterocycles. The summed E-state index contributed by atoms with van der Waals surface area (Å²) in [5, 5.41) is 6.50. The van der Waals surface area contributed by atoms with Gasteiger partial charge in [0.15, 0.2) is 0 Å². The summed E-state index contributed by atoms with van der Waals surface area (Å²) in [5.74, 6) is 0.279. The molecule has 0 bridgehead atoms. The number of anilines is 2. The van der Waals surface area contributed by atoms with Crippen molar-refractivity contribution in [1.82, 2.24) is 15.3 Å². The van der Waals surface area contributed by atoms with Gasteiger partial charge < -0.3 is 10.6 Å². The highest BCUT2D eigenvalue weighted by Gasteiger charge is 2.08. The van der Waals surface area contributed by atoms with Crippen molar-refractivity contribution in [2.24, 2.45) is 0 Å². The first-order valence-electron chi connectivity index (χ1n) is 7.88. The Bertz CT molecular complexity index is 838. The van der Waals surface area contributed by atoms with Crippen molar-refractivity contribution in [1.29, 1.82) is 0 Å². The van der Waals surface area contributed by atoms with Gasteiger partial charge >= 0.3 is 0 Å². The van der Waals surface area contributed by atoms with Gasteiger partial charge in [-0.3, -0.25) is 4.79 Å². The number of halogens is 1. The van der Waals surface area contributed by atoms with Crippen molar-refractivity contribution >= 4 is 29.0 Å². The van der Waals surface area contributed by atoms with E-state index >= 15 is 0 Å². The van der Waals surface area contributed by atoms with E-state index in [0.29, 0.717) is 17.4 Å². The third-order valence-corrected chi connectivity index (χ3v) is 3.89. The van der Waals surface area contributed by atoms with Gasteiger partial charge in [0.05, 0.1) is 23.1 Å². The third kappa shape index (κ3) is 4.78. The molecule has 126 valence electrons. The van der Waals surface area contributed by atoms with Gasteiger partial charge in [-0.1, -0.05) is 54.1 Å². The maximum atomic E-state index is 12.1. The topological polar surface area (TPSA) is 66.9 Å². The van der Waals surface area contributed by atoms with E-state index < -0.39 is 0 Å². The van der Waals surface area contributed by atoms with Gasteiger partial charge in [-0.05, 0) is 24.1 Å². The summed E-state index contributed by atoms with van der Waals surface area (Å²) in [6.07, 6.45) is 3.72. The molecule has 0 aliphatic rings. The number of carbonyl (C=O) groups is 1. The normalized spacial score (nSPS) is 10.3. The molecule has 0 atom stereocenters. The molecular formula is C19H17ClN4O.